The van der Waals surface area contributed by atoms with Gasteiger partial charge in [0.1, 0.15) is 0 Å². The number of nitrogens with zero attached hydrogens (tertiary/aromatic N) is 3. The second kappa shape index (κ2) is 9.50. The van der Waals surface area contributed by atoms with E-state index in [1.165, 1.54) is 11.8 Å². The molecule has 4 aromatic rings. The number of thioether (sulfide) groups is 1. The first-order valence-corrected chi connectivity index (χ1v) is 11.2. The molecule has 2 aromatic heterocycles. The van der Waals surface area contributed by atoms with E-state index in [1.54, 1.807) is 31.4 Å². The van der Waals surface area contributed by atoms with Crippen molar-refractivity contribution in [1.29, 1.82) is 0 Å². The Morgan fingerprint density at radius 1 is 1.31 bits per heavy atom. The summed E-state index contributed by atoms with van der Waals surface area (Å²) in [6.07, 6.45) is 1.75. The molecule has 0 atom stereocenters. The van der Waals surface area contributed by atoms with Crippen LogP contribution >= 0.6 is 23.4 Å². The number of furan rings is 1. The number of anilines is 1. The molecule has 32 heavy (non-hydrogen) atoms. The molecule has 4 rings (SSSR count). The molecular formula is C23H21ClN4O3S. The highest BCUT2D eigenvalue weighted by Gasteiger charge is 2.19. The number of aryl methyl sites for hydroxylation is 1. The minimum atomic E-state index is -0.149. The molecule has 1 N–H and O–H groups in total. The van der Waals surface area contributed by atoms with Crippen molar-refractivity contribution in [2.24, 2.45) is 0 Å². The Morgan fingerprint density at radius 2 is 2.16 bits per heavy atom. The summed E-state index contributed by atoms with van der Waals surface area (Å²) in [6.45, 7) is 6.18. The van der Waals surface area contributed by atoms with Gasteiger partial charge in [0, 0.05) is 22.6 Å². The molecule has 1 amide bonds. The molecule has 0 aliphatic rings. The zero-order valence-corrected chi connectivity index (χ0v) is 19.2. The lowest BCUT2D eigenvalue weighted by Crippen LogP contribution is -2.15. The van der Waals surface area contributed by atoms with Crippen molar-refractivity contribution in [3.63, 3.8) is 0 Å². The van der Waals surface area contributed by atoms with Gasteiger partial charge in [-0.15, -0.1) is 16.8 Å². The van der Waals surface area contributed by atoms with Crippen LogP contribution in [-0.2, 0) is 11.3 Å². The highest BCUT2D eigenvalue weighted by Crippen LogP contribution is 2.34. The molecule has 2 aromatic carbocycles. The van der Waals surface area contributed by atoms with Crippen LogP contribution in [0.1, 0.15) is 5.56 Å². The molecule has 0 saturated carbocycles. The molecule has 2 heterocycles. The van der Waals surface area contributed by atoms with E-state index in [-0.39, 0.29) is 11.7 Å². The molecule has 7 nitrogen and oxygen atoms in total. The Morgan fingerprint density at radius 3 is 2.91 bits per heavy atom. The smallest absolute Gasteiger partial charge is 0.234 e. The van der Waals surface area contributed by atoms with Gasteiger partial charge in [-0.05, 0) is 42.8 Å². The fraction of sp³-hybridized carbons (Fsp3) is 0.174. The predicted octanol–water partition coefficient (Wildman–Crippen LogP) is 5.58. The molecule has 0 bridgehead atoms. The van der Waals surface area contributed by atoms with Gasteiger partial charge in [-0.3, -0.25) is 9.36 Å². The molecular weight excluding hydrogens is 448 g/mol. The lowest BCUT2D eigenvalue weighted by atomic mass is 10.2. The van der Waals surface area contributed by atoms with Gasteiger partial charge in [-0.2, -0.15) is 0 Å². The SMILES string of the molecule is C=CCn1c(SCC(=O)Nc2ccc(Cl)cc2C)nnc1-c1cc2cccc(OC)c2o1. The van der Waals surface area contributed by atoms with Gasteiger partial charge >= 0.3 is 0 Å². The van der Waals surface area contributed by atoms with Crippen LogP contribution in [0, 0.1) is 6.92 Å². The van der Waals surface area contributed by atoms with E-state index in [2.05, 4.69) is 22.1 Å². The van der Waals surface area contributed by atoms with E-state index in [9.17, 15) is 4.79 Å². The average Bonchev–Trinajstić information content (AvgIpc) is 3.38. The van der Waals surface area contributed by atoms with Gasteiger partial charge in [-0.25, -0.2) is 0 Å². The maximum absolute atomic E-state index is 12.5. The fourth-order valence-electron chi connectivity index (χ4n) is 3.26. The Labute approximate surface area is 194 Å². The third kappa shape index (κ3) is 4.51. The number of amides is 1. The second-order valence-electron chi connectivity index (χ2n) is 6.99. The number of rotatable bonds is 8. The normalized spacial score (nSPS) is 11.0. The minimum absolute atomic E-state index is 0.149. The van der Waals surface area contributed by atoms with Gasteiger partial charge in [0.2, 0.25) is 11.7 Å². The van der Waals surface area contributed by atoms with Crippen LogP contribution in [0.5, 0.6) is 5.75 Å². The third-order valence-electron chi connectivity index (χ3n) is 4.77. The summed E-state index contributed by atoms with van der Waals surface area (Å²) >= 11 is 7.27. The van der Waals surface area contributed by atoms with Crippen molar-refractivity contribution in [2.75, 3.05) is 18.2 Å². The largest absolute Gasteiger partial charge is 0.493 e. The molecule has 0 aliphatic carbocycles. The highest BCUT2D eigenvalue weighted by atomic mass is 35.5. The first-order chi connectivity index (χ1) is 15.5. The molecule has 0 spiro atoms. The van der Waals surface area contributed by atoms with E-state index in [0.717, 1.165) is 16.6 Å². The van der Waals surface area contributed by atoms with Crippen molar-refractivity contribution in [3.05, 3.63) is 65.7 Å². The van der Waals surface area contributed by atoms with E-state index in [0.29, 0.717) is 39.6 Å². The van der Waals surface area contributed by atoms with Crippen molar-refractivity contribution in [2.45, 2.75) is 18.6 Å². The summed E-state index contributed by atoms with van der Waals surface area (Å²) in [5.41, 5.74) is 2.27. The van der Waals surface area contributed by atoms with Crippen LogP contribution in [0.15, 0.2) is 64.7 Å². The number of para-hydroxylation sites is 1. The van der Waals surface area contributed by atoms with Crippen LogP contribution in [0.2, 0.25) is 5.02 Å². The minimum Gasteiger partial charge on any atom is -0.493 e. The van der Waals surface area contributed by atoms with Crippen molar-refractivity contribution in [3.8, 4) is 17.3 Å². The monoisotopic (exact) mass is 468 g/mol. The van der Waals surface area contributed by atoms with Gasteiger partial charge in [0.15, 0.2) is 22.2 Å². The Bertz CT molecular complexity index is 1300. The van der Waals surface area contributed by atoms with Crippen LogP contribution in [0.25, 0.3) is 22.6 Å². The van der Waals surface area contributed by atoms with E-state index in [4.69, 9.17) is 20.8 Å². The van der Waals surface area contributed by atoms with Crippen LogP contribution in [-0.4, -0.2) is 33.5 Å². The number of benzene rings is 2. The summed E-state index contributed by atoms with van der Waals surface area (Å²) < 4.78 is 13.3. The number of allylic oxidation sites excluding steroid dienone is 1. The predicted molar refractivity (Wildman–Crippen MR) is 128 cm³/mol. The number of carbonyl (C=O) groups excluding carboxylic acids is 1. The summed E-state index contributed by atoms with van der Waals surface area (Å²) in [4.78, 5) is 12.5. The number of carbonyl (C=O) groups is 1. The summed E-state index contributed by atoms with van der Waals surface area (Å²) in [5, 5.41) is 13.6. The van der Waals surface area contributed by atoms with Gasteiger partial charge in [0.25, 0.3) is 0 Å². The number of ether oxygens (including phenoxy) is 1. The van der Waals surface area contributed by atoms with Gasteiger partial charge in [0.05, 0.1) is 12.9 Å². The Balaban J connectivity index is 1.54. The number of hydrogen-bond acceptors (Lipinski definition) is 6. The lowest BCUT2D eigenvalue weighted by Gasteiger charge is -2.09. The number of nitrogens with one attached hydrogen (secondary N) is 1. The Hall–Kier alpha value is -3.23. The van der Waals surface area contributed by atoms with Crippen molar-refractivity contribution in [1.82, 2.24) is 14.8 Å². The zero-order valence-electron chi connectivity index (χ0n) is 17.6. The maximum Gasteiger partial charge on any atom is 0.234 e. The summed E-state index contributed by atoms with van der Waals surface area (Å²) in [7, 11) is 1.60. The number of fused-ring (bicyclic) bond motifs is 1. The van der Waals surface area contributed by atoms with Crippen molar-refractivity contribution >= 4 is 45.9 Å². The lowest BCUT2D eigenvalue weighted by molar-refractivity contribution is -0.113. The number of methoxy groups -OCH3 is 1. The number of aromatic nitrogens is 3. The summed E-state index contributed by atoms with van der Waals surface area (Å²) in [6, 6.07) is 12.9. The Kier molecular flexibility index (Phi) is 6.53. The first-order valence-electron chi connectivity index (χ1n) is 9.80. The molecule has 0 radical (unpaired) electrons. The first kappa shape index (κ1) is 22.0. The number of hydrogen-bond donors (Lipinski definition) is 1. The molecule has 0 aliphatic heterocycles. The fourth-order valence-corrected chi connectivity index (χ4v) is 4.24. The number of halogens is 1. The van der Waals surface area contributed by atoms with Gasteiger partial charge < -0.3 is 14.5 Å². The summed E-state index contributed by atoms with van der Waals surface area (Å²) in [5.74, 6) is 1.79. The average molecular weight is 469 g/mol. The topological polar surface area (TPSA) is 82.2 Å². The maximum atomic E-state index is 12.5. The van der Waals surface area contributed by atoms with E-state index in [1.807, 2.05) is 35.8 Å². The molecule has 0 unspecified atom stereocenters. The third-order valence-corrected chi connectivity index (χ3v) is 5.97. The second-order valence-corrected chi connectivity index (χ2v) is 8.37. The van der Waals surface area contributed by atoms with Crippen LogP contribution < -0.4 is 10.1 Å². The molecule has 164 valence electrons. The standard InChI is InChI=1S/C23H21ClN4O3S/c1-4-10-28-22(19-12-15-6-5-7-18(30-3)21(15)31-19)26-27-23(28)32-13-20(29)25-17-9-8-16(24)11-14(17)2/h4-9,11-12H,1,10,13H2,2-3H3,(H,25,29). The molecule has 0 saturated heterocycles. The van der Waals surface area contributed by atoms with Crippen molar-refractivity contribution < 1.29 is 13.9 Å². The zero-order chi connectivity index (χ0) is 22.7. The van der Waals surface area contributed by atoms with E-state index >= 15 is 0 Å². The van der Waals surface area contributed by atoms with Crippen LogP contribution in [0.3, 0.4) is 0 Å². The van der Waals surface area contributed by atoms with E-state index < -0.39 is 0 Å². The highest BCUT2D eigenvalue weighted by molar-refractivity contribution is 7.99. The molecule has 0 fully saturated rings. The van der Waals surface area contributed by atoms with Crippen LogP contribution in [0.4, 0.5) is 5.69 Å². The quantitative estimate of drug-likeness (QED) is 0.268. The van der Waals surface area contributed by atoms with Gasteiger partial charge in [-0.1, -0.05) is 41.6 Å². The molecule has 9 heteroatoms.